The normalized spacial score (nSPS) is 24.5. The second-order valence-electron chi connectivity index (χ2n) is 43.9. The molecule has 15 rings (SSSR count). The number of rotatable bonds is 12. The van der Waals surface area contributed by atoms with Crippen LogP contribution >= 0.6 is 16.5 Å². The average Bonchev–Trinajstić information content (AvgIpc) is 0.963. The molecule has 8 aromatic rings. The van der Waals surface area contributed by atoms with Crippen molar-refractivity contribution in [1.29, 1.82) is 0 Å². The molecular formula is C93H137O16P2Si8. The smallest absolute Gasteiger partial charge is 0.406 e. The predicted octanol–water partition coefficient (Wildman–Crippen LogP) is 26.5. The van der Waals surface area contributed by atoms with E-state index in [0.29, 0.717) is 22.3 Å². The molecule has 7 fully saturated rings. The summed E-state index contributed by atoms with van der Waals surface area (Å²) in [6, 6.07) is 40.1. The maximum absolute atomic E-state index is 8.94. The van der Waals surface area contributed by atoms with Gasteiger partial charge in [0.15, 0.2) is 0 Å². The molecule has 647 valence electrons. The summed E-state index contributed by atoms with van der Waals surface area (Å²) in [5.74, 6) is 0. The van der Waals surface area contributed by atoms with Crippen LogP contribution in [0.15, 0.2) is 126 Å². The first kappa shape index (κ1) is 90.2. The van der Waals surface area contributed by atoms with Gasteiger partial charge in [-0.05, 0) is 158 Å². The topological polar surface area (TPSA) is 163 Å². The van der Waals surface area contributed by atoms with Gasteiger partial charge in [0.05, 0.1) is 0 Å². The van der Waals surface area contributed by atoms with Gasteiger partial charge in [0.2, 0.25) is 8.32 Å². The van der Waals surface area contributed by atoms with Crippen molar-refractivity contribution in [1.82, 2.24) is 0 Å². The Labute approximate surface area is 724 Å². The number of fused-ring (bicyclic) bond motifs is 9. The van der Waals surface area contributed by atoms with Gasteiger partial charge in [0.25, 0.3) is 0 Å². The predicted molar refractivity (Wildman–Crippen MR) is 498 cm³/mol. The van der Waals surface area contributed by atoms with Gasteiger partial charge in [-0.3, -0.25) is 8.43 Å². The number of hydrogen-bond acceptors (Lipinski definition) is 16. The van der Waals surface area contributed by atoms with E-state index in [1.165, 1.54) is 22.3 Å². The minimum atomic E-state index is -4.68. The molecule has 26 heteroatoms. The number of benzene rings is 6. The van der Waals surface area contributed by atoms with Crippen LogP contribution in [0.5, 0.6) is 0 Å². The van der Waals surface area contributed by atoms with Gasteiger partial charge in [0.1, 0.15) is 22.3 Å². The molecule has 0 spiro atoms. The van der Waals surface area contributed by atoms with Crippen LogP contribution in [0.4, 0.5) is 0 Å². The lowest BCUT2D eigenvalue weighted by molar-refractivity contribution is 0.0152. The molecule has 5 heterocycles. The zero-order valence-electron chi connectivity index (χ0n) is 76.3. The molecule has 16 nitrogen and oxygen atoms in total. The third-order valence-electron chi connectivity index (χ3n) is 26.2. The molecule has 2 unspecified atom stereocenters. The van der Waals surface area contributed by atoms with Crippen molar-refractivity contribution in [3.63, 3.8) is 0 Å². The molecule has 4 bridgehead atoms. The zero-order chi connectivity index (χ0) is 85.3. The van der Waals surface area contributed by atoms with E-state index in [0.717, 1.165) is 183 Å². The lowest BCUT2D eigenvalue weighted by atomic mass is 9.77. The van der Waals surface area contributed by atoms with Crippen LogP contribution in [-0.2, 0) is 84.5 Å². The lowest BCUT2D eigenvalue weighted by Crippen LogP contribution is -2.81. The third kappa shape index (κ3) is 18.8. The second-order valence-corrected chi connectivity index (χ2v) is 68.0. The first-order valence-corrected chi connectivity index (χ1v) is 60.2. The van der Waals surface area contributed by atoms with Crippen LogP contribution < -0.4 is 18.8 Å². The Kier molecular flexibility index (Phi) is 25.4. The van der Waals surface area contributed by atoms with Crippen LogP contribution in [0.25, 0.3) is 43.9 Å². The van der Waals surface area contributed by atoms with Crippen molar-refractivity contribution >= 4 is 143 Å². The summed E-state index contributed by atoms with van der Waals surface area (Å²) >= 11 is 0. The van der Waals surface area contributed by atoms with Crippen molar-refractivity contribution < 1.29 is 66.4 Å². The van der Waals surface area contributed by atoms with Crippen molar-refractivity contribution in [3.05, 3.63) is 154 Å². The minimum absolute atomic E-state index is 0.237. The van der Waals surface area contributed by atoms with Crippen molar-refractivity contribution in [2.75, 3.05) is 0 Å². The summed E-state index contributed by atoms with van der Waals surface area (Å²) < 4.78 is 134. The maximum atomic E-state index is 8.94. The standard InChI is InChI=1S/C93H137O16P2Si8/c1-86(2,3)64-56-74-75-57-65(87(4,5)6)61-79(91(16,17)18)83(75)95-110(94-82(74)78(60-64)90(13,14)15)98-112-101-116(70-48-36-28-37-49-70)102-113(99-111-96-84-76(58-66(88(7,8)9)62-80(84)92(19,20)21)77-59-67(89(10,11)12)63-81(85(77)97-111)93(22,23)24)104-118(72-52-40-30-41-53-72)106-114(100-115(25,68-44-32-26-33-45-68)69-46-34-27-35-47-69)105-117(103-112,71-50-38-29-39-51-71)108-119(107-116,109-118)73-54-42-31-43-55-73/h26-27,32-35,44-47,56-63,70-73H,28-31,36-43,48-55H2,1-25H3. The molecule has 3 radical (unpaired) electrons. The highest BCUT2D eigenvalue weighted by molar-refractivity contribution is 7.34. The Bertz CT molecular complexity index is 4590. The Balaban J connectivity index is 1.06. The first-order chi connectivity index (χ1) is 55.7. The van der Waals surface area contributed by atoms with E-state index in [1.54, 1.807) is 0 Å². The van der Waals surface area contributed by atoms with Crippen LogP contribution in [0, 0.1) is 0 Å². The lowest BCUT2D eigenvalue weighted by Gasteiger charge is -2.58. The molecule has 119 heavy (non-hydrogen) atoms. The van der Waals surface area contributed by atoms with Crippen LogP contribution in [0.3, 0.4) is 0 Å². The monoisotopic (exact) mass is 1800 g/mol. The molecule has 7 aliphatic rings. The summed E-state index contributed by atoms with van der Waals surface area (Å²) in [6.45, 7) is 57.1. The van der Waals surface area contributed by atoms with E-state index < -0.39 is 110 Å². The van der Waals surface area contributed by atoms with E-state index in [-0.39, 0.29) is 43.8 Å². The van der Waals surface area contributed by atoms with E-state index >= 15 is 0 Å². The van der Waals surface area contributed by atoms with Crippen molar-refractivity contribution in [3.8, 4) is 0 Å². The highest BCUT2D eigenvalue weighted by atomic mass is 31.1. The minimum Gasteiger partial charge on any atom is -0.406 e. The van der Waals surface area contributed by atoms with E-state index in [4.69, 9.17) is 66.4 Å². The SMILES string of the molecule is CC(C)(C)c1cc(C(C)(C)C)c2op(O[Si]3O[Si]4(C5CCCCC5)O[Si](Op5oc6c(C(C)(C)C)cc(C(C)(C)C)cc6c6cc(C(C)(C)C)cc(C(C)(C)C)c6o5)O[Si]5(C6CCCCC6)O[Si](O[Si](C)(c6ccccc6)c6ccccc6)O[Si](C6CCCCC6)(O3)O[Si](C3CCCCC3)(O4)O5)oc3c(C(C)(C)C)cc(C(C)(C)C)cc3c2c1. The molecule has 0 amide bonds. The van der Waals surface area contributed by atoms with Crippen molar-refractivity contribution in [2.45, 2.75) is 367 Å². The molecule has 2 atom stereocenters. The van der Waals surface area contributed by atoms with Gasteiger partial charge in [-0.1, -0.05) is 328 Å². The molecule has 3 saturated heterocycles. The molecule has 4 saturated carbocycles. The molecule has 3 aliphatic heterocycles. The van der Waals surface area contributed by atoms with E-state index in [1.807, 2.05) is 0 Å². The van der Waals surface area contributed by atoms with Crippen molar-refractivity contribution in [2.24, 2.45) is 0 Å². The van der Waals surface area contributed by atoms with Gasteiger partial charge >= 0.3 is 80.3 Å². The first-order valence-electron chi connectivity index (χ1n) is 44.8. The van der Waals surface area contributed by atoms with Gasteiger partial charge in [-0.15, -0.1) is 0 Å². The summed E-state index contributed by atoms with van der Waals surface area (Å²) in [7, 11) is -37.1. The Morgan fingerprint density at radius 1 is 0.294 bits per heavy atom. The fraction of sp³-hybridized carbons (Fsp3) is 0.613. The van der Waals surface area contributed by atoms with Crippen LogP contribution in [0.1, 0.15) is 339 Å². The van der Waals surface area contributed by atoms with Gasteiger partial charge in [-0.25, -0.2) is 0 Å². The van der Waals surface area contributed by atoms with E-state index in [9.17, 15) is 0 Å². The highest BCUT2D eigenvalue weighted by Gasteiger charge is 2.78. The van der Waals surface area contributed by atoms with Gasteiger partial charge in [0, 0.05) is 66.0 Å². The zero-order valence-corrected chi connectivity index (χ0v) is 86.1. The quantitative estimate of drug-likeness (QED) is 0.106. The highest BCUT2D eigenvalue weighted by Crippen LogP contribution is 2.59. The molecule has 0 N–H and O–H groups in total. The summed E-state index contributed by atoms with van der Waals surface area (Å²) in [4.78, 5) is 0. The molecule has 4 aliphatic carbocycles. The van der Waals surface area contributed by atoms with E-state index in [2.05, 4.69) is 282 Å². The molecular weight excluding hydrogens is 1660 g/mol. The second kappa shape index (κ2) is 33.5. The maximum Gasteiger partial charge on any atom is 0.574 e. The fourth-order valence-electron chi connectivity index (χ4n) is 18.7. The Morgan fingerprint density at radius 3 is 0.748 bits per heavy atom. The largest absolute Gasteiger partial charge is 0.574 e. The average molecular weight is 1800 g/mol. The third-order valence-corrected chi connectivity index (χ3v) is 59.0. The Morgan fingerprint density at radius 2 is 0.521 bits per heavy atom. The Hall–Kier alpha value is -3.62. The van der Waals surface area contributed by atoms with Crippen LogP contribution in [0.2, 0.25) is 28.7 Å². The number of hydrogen-bond donors (Lipinski definition) is 0. The summed E-state index contributed by atoms with van der Waals surface area (Å²) in [5, 5.41) is 5.87. The van der Waals surface area contributed by atoms with Gasteiger partial charge in [-0.2, -0.15) is 0 Å². The molecule has 2 aromatic heterocycles. The van der Waals surface area contributed by atoms with Gasteiger partial charge < -0.3 is 57.9 Å². The summed E-state index contributed by atoms with van der Waals surface area (Å²) in [5.41, 5.74) is 7.85. The van der Waals surface area contributed by atoms with Crippen LogP contribution in [-0.4, -0.2) is 72.1 Å². The molecule has 6 aromatic carbocycles. The fourth-order valence-corrected chi connectivity index (χ4v) is 59.9. The summed E-state index contributed by atoms with van der Waals surface area (Å²) in [6.07, 6.45) is 17.6.